The van der Waals surface area contributed by atoms with E-state index in [9.17, 15) is 4.79 Å². The molecule has 0 aromatic heterocycles. The van der Waals surface area contributed by atoms with Gasteiger partial charge in [-0.05, 0) is 62.5 Å². The van der Waals surface area contributed by atoms with Gasteiger partial charge in [0.1, 0.15) is 0 Å². The lowest BCUT2D eigenvalue weighted by atomic mass is 9.73. The molecule has 0 saturated carbocycles. The van der Waals surface area contributed by atoms with Gasteiger partial charge in [-0.15, -0.1) is 0 Å². The molecule has 1 N–H and O–H groups in total. The molecule has 1 aromatic rings. The monoisotopic (exact) mass is 340 g/mol. The summed E-state index contributed by atoms with van der Waals surface area (Å²) in [6.07, 6.45) is 2.87. The van der Waals surface area contributed by atoms with Crippen molar-refractivity contribution in [2.75, 3.05) is 25.0 Å². The maximum atomic E-state index is 12.6. The second kappa shape index (κ2) is 6.03. The van der Waals surface area contributed by atoms with Crippen LogP contribution in [0, 0.1) is 5.92 Å². The van der Waals surface area contributed by atoms with Crippen LogP contribution >= 0.6 is 23.2 Å². The lowest BCUT2D eigenvalue weighted by molar-refractivity contribution is -0.122. The zero-order valence-electron chi connectivity index (χ0n) is 13.1. The van der Waals surface area contributed by atoms with Gasteiger partial charge in [0.25, 0.3) is 0 Å². The Hall–Kier alpha value is -0.770. The average molecular weight is 341 g/mol. The van der Waals surface area contributed by atoms with Gasteiger partial charge >= 0.3 is 0 Å². The third-order valence-corrected chi connectivity index (χ3v) is 5.49. The van der Waals surface area contributed by atoms with Crippen molar-refractivity contribution in [2.45, 2.75) is 38.5 Å². The van der Waals surface area contributed by atoms with Crippen LogP contribution < -0.4 is 5.32 Å². The van der Waals surface area contributed by atoms with Gasteiger partial charge in [-0.3, -0.25) is 4.79 Å². The first-order valence-electron chi connectivity index (χ1n) is 7.96. The maximum Gasteiger partial charge on any atom is 0.235 e. The Balaban J connectivity index is 1.81. The Labute approximate surface area is 142 Å². The number of benzene rings is 1. The number of anilines is 1. The van der Waals surface area contributed by atoms with Crippen molar-refractivity contribution in [3.8, 4) is 0 Å². The zero-order chi connectivity index (χ0) is 15.9. The molecule has 0 unspecified atom stereocenters. The number of amides is 1. The highest BCUT2D eigenvalue weighted by Gasteiger charge is 2.49. The Kier molecular flexibility index (Phi) is 4.41. The lowest BCUT2D eigenvalue weighted by Gasteiger charge is -2.38. The molecule has 2 aliphatic heterocycles. The zero-order valence-corrected chi connectivity index (χ0v) is 14.6. The van der Waals surface area contributed by atoms with Crippen molar-refractivity contribution in [2.24, 2.45) is 5.92 Å². The van der Waals surface area contributed by atoms with Gasteiger partial charge in [0.2, 0.25) is 5.91 Å². The second-order valence-electron chi connectivity index (χ2n) is 6.87. The van der Waals surface area contributed by atoms with E-state index in [1.54, 1.807) is 6.07 Å². The number of halogens is 2. The van der Waals surface area contributed by atoms with Crippen LogP contribution in [-0.2, 0) is 10.2 Å². The van der Waals surface area contributed by atoms with Gasteiger partial charge in [-0.1, -0.05) is 37.0 Å². The molecular formula is C17H22Cl2N2O. The van der Waals surface area contributed by atoms with Gasteiger partial charge in [0.05, 0.1) is 16.1 Å². The highest BCUT2D eigenvalue weighted by atomic mass is 35.5. The predicted octanol–water partition coefficient (Wildman–Crippen LogP) is 4.33. The third kappa shape index (κ3) is 2.75. The number of fused-ring (bicyclic) bond motifs is 2. The van der Waals surface area contributed by atoms with E-state index in [1.165, 1.54) is 6.42 Å². The highest BCUT2D eigenvalue weighted by molar-refractivity contribution is 6.37. The molecule has 22 heavy (non-hydrogen) atoms. The molecule has 0 aliphatic carbocycles. The minimum atomic E-state index is -0.446. The number of carbonyl (C=O) groups is 1. The van der Waals surface area contributed by atoms with Gasteiger partial charge < -0.3 is 10.2 Å². The van der Waals surface area contributed by atoms with E-state index in [0.717, 1.165) is 43.7 Å². The first kappa shape index (κ1) is 16.1. The van der Waals surface area contributed by atoms with E-state index in [4.69, 9.17) is 23.2 Å². The molecule has 0 bridgehead atoms. The van der Waals surface area contributed by atoms with Crippen LogP contribution in [0.2, 0.25) is 10.0 Å². The summed E-state index contributed by atoms with van der Waals surface area (Å²) < 4.78 is 0. The van der Waals surface area contributed by atoms with Crippen LogP contribution in [0.4, 0.5) is 5.69 Å². The van der Waals surface area contributed by atoms with Crippen molar-refractivity contribution in [1.82, 2.24) is 4.90 Å². The smallest absolute Gasteiger partial charge is 0.235 e. The van der Waals surface area contributed by atoms with Crippen LogP contribution in [-0.4, -0.2) is 30.4 Å². The van der Waals surface area contributed by atoms with Gasteiger partial charge in [0, 0.05) is 5.02 Å². The normalized spacial score (nSPS) is 20.5. The van der Waals surface area contributed by atoms with E-state index in [2.05, 4.69) is 24.1 Å². The number of likely N-dealkylation sites (tertiary alicyclic amines) is 1. The topological polar surface area (TPSA) is 32.3 Å². The predicted molar refractivity (Wildman–Crippen MR) is 91.9 cm³/mol. The van der Waals surface area contributed by atoms with Gasteiger partial charge in [-0.25, -0.2) is 0 Å². The number of nitrogens with zero attached hydrogens (tertiary/aromatic N) is 1. The molecule has 3 nitrogen and oxygen atoms in total. The van der Waals surface area contributed by atoms with Crippen molar-refractivity contribution < 1.29 is 4.79 Å². The summed E-state index contributed by atoms with van der Waals surface area (Å²) in [7, 11) is 0. The number of nitrogens with one attached hydrogen (secondary N) is 1. The molecule has 1 saturated heterocycles. The Morgan fingerprint density at radius 3 is 2.59 bits per heavy atom. The molecule has 0 radical (unpaired) electrons. The fourth-order valence-electron chi connectivity index (χ4n) is 3.53. The van der Waals surface area contributed by atoms with E-state index in [1.807, 2.05) is 6.07 Å². The van der Waals surface area contributed by atoms with Crippen molar-refractivity contribution in [1.29, 1.82) is 0 Å². The molecule has 2 heterocycles. The highest BCUT2D eigenvalue weighted by Crippen LogP contribution is 2.48. The summed E-state index contributed by atoms with van der Waals surface area (Å²) in [4.78, 5) is 15.1. The van der Waals surface area contributed by atoms with Crippen LogP contribution in [0.15, 0.2) is 12.1 Å². The Morgan fingerprint density at radius 2 is 1.95 bits per heavy atom. The van der Waals surface area contributed by atoms with Gasteiger partial charge in [0.15, 0.2) is 0 Å². The first-order valence-corrected chi connectivity index (χ1v) is 8.71. The molecule has 1 amide bonds. The maximum absolute atomic E-state index is 12.6. The number of hydrogen-bond acceptors (Lipinski definition) is 2. The summed E-state index contributed by atoms with van der Waals surface area (Å²) in [5.74, 6) is 0.791. The molecule has 1 fully saturated rings. The number of hydrogen-bond donors (Lipinski definition) is 1. The molecular weight excluding hydrogens is 319 g/mol. The van der Waals surface area contributed by atoms with Crippen molar-refractivity contribution in [3.05, 3.63) is 27.7 Å². The number of piperidine rings is 1. The van der Waals surface area contributed by atoms with Crippen molar-refractivity contribution >= 4 is 34.8 Å². The number of carbonyl (C=O) groups excluding carboxylic acids is 1. The Bertz CT molecular complexity index is 593. The molecule has 3 rings (SSSR count). The summed E-state index contributed by atoms with van der Waals surface area (Å²) in [6, 6.07) is 3.60. The SMILES string of the molecule is CC(C)CCN1CCC2(CC1)C(=O)Nc1c(Cl)cc(Cl)cc12. The largest absolute Gasteiger partial charge is 0.324 e. The molecule has 1 spiro atoms. The first-order chi connectivity index (χ1) is 10.4. The van der Waals surface area contributed by atoms with Crippen LogP contribution in [0.25, 0.3) is 0 Å². The molecule has 2 aliphatic rings. The lowest BCUT2D eigenvalue weighted by Crippen LogP contribution is -2.46. The van der Waals surface area contributed by atoms with Crippen LogP contribution in [0.5, 0.6) is 0 Å². The van der Waals surface area contributed by atoms with Crippen LogP contribution in [0.3, 0.4) is 0 Å². The van der Waals surface area contributed by atoms with Crippen molar-refractivity contribution in [3.63, 3.8) is 0 Å². The molecule has 120 valence electrons. The molecule has 5 heteroatoms. The summed E-state index contributed by atoms with van der Waals surface area (Å²) >= 11 is 12.4. The fraction of sp³-hybridized carbons (Fsp3) is 0.588. The van der Waals surface area contributed by atoms with Gasteiger partial charge in [-0.2, -0.15) is 0 Å². The van der Waals surface area contributed by atoms with E-state index < -0.39 is 5.41 Å². The summed E-state index contributed by atoms with van der Waals surface area (Å²) in [6.45, 7) is 7.50. The number of rotatable bonds is 3. The Morgan fingerprint density at radius 1 is 1.27 bits per heavy atom. The van der Waals surface area contributed by atoms with E-state index >= 15 is 0 Å². The minimum Gasteiger partial charge on any atom is -0.324 e. The minimum absolute atomic E-state index is 0.0789. The standard InChI is InChI=1S/C17H22Cl2N2O/c1-11(2)3-6-21-7-4-17(5-8-21)13-9-12(18)10-14(19)15(13)20-16(17)22/h9-11H,3-8H2,1-2H3,(H,20,22). The fourth-order valence-corrected chi connectivity index (χ4v) is 4.07. The molecule has 1 aromatic carbocycles. The summed E-state index contributed by atoms with van der Waals surface area (Å²) in [5.41, 5.74) is 1.29. The van der Waals surface area contributed by atoms with E-state index in [0.29, 0.717) is 16.0 Å². The van der Waals surface area contributed by atoms with E-state index in [-0.39, 0.29) is 5.91 Å². The second-order valence-corrected chi connectivity index (χ2v) is 7.71. The third-order valence-electron chi connectivity index (χ3n) is 4.98. The quantitative estimate of drug-likeness (QED) is 0.888. The molecule has 0 atom stereocenters. The summed E-state index contributed by atoms with van der Waals surface area (Å²) in [5, 5.41) is 4.11. The van der Waals surface area contributed by atoms with Crippen LogP contribution in [0.1, 0.15) is 38.7 Å². The average Bonchev–Trinajstić information content (AvgIpc) is 2.72.